The average Bonchev–Trinajstić information content (AvgIpc) is 3.21. The Morgan fingerprint density at radius 1 is 0.806 bits per heavy atom. The van der Waals surface area contributed by atoms with Crippen LogP contribution in [0.2, 0.25) is 0 Å². The van der Waals surface area contributed by atoms with Gasteiger partial charge >= 0.3 is 0 Å². The topological polar surface area (TPSA) is 20.2 Å². The summed E-state index contributed by atoms with van der Waals surface area (Å²) in [6.45, 7) is 7.85. The number of hydrogen-bond acceptors (Lipinski definition) is 1. The van der Waals surface area contributed by atoms with Crippen LogP contribution in [0.5, 0.6) is 0 Å². The average molecular weight is 495 g/mol. The molecule has 5 rings (SSSR count). The van der Waals surface area contributed by atoms with Crippen LogP contribution in [0, 0.1) is 46.3 Å². The second kappa shape index (κ2) is 11.7. The van der Waals surface area contributed by atoms with Gasteiger partial charge in [0.2, 0.25) is 0 Å². The normalized spacial score (nSPS) is 44.0. The quantitative estimate of drug-likeness (QED) is 0.387. The van der Waals surface area contributed by atoms with Crippen molar-refractivity contribution in [1.29, 1.82) is 0 Å². The molecule has 0 saturated heterocycles. The monoisotopic (exact) mass is 494 g/mol. The van der Waals surface area contributed by atoms with Crippen LogP contribution >= 0.6 is 0 Å². The molecule has 0 aromatic carbocycles. The van der Waals surface area contributed by atoms with E-state index in [9.17, 15) is 5.11 Å². The summed E-state index contributed by atoms with van der Waals surface area (Å²) in [6.07, 6.45) is 34.2. The summed E-state index contributed by atoms with van der Waals surface area (Å²) in [5.41, 5.74) is 2.53. The second-order valence-corrected chi connectivity index (χ2v) is 14.6. The van der Waals surface area contributed by atoms with E-state index in [1.54, 1.807) is 5.57 Å². The maximum atomic E-state index is 10.3. The molecule has 0 radical (unpaired) electrons. The van der Waals surface area contributed by atoms with Crippen molar-refractivity contribution < 1.29 is 5.11 Å². The molecule has 8 atom stereocenters. The Labute approximate surface area is 224 Å². The molecule has 0 heterocycles. The van der Waals surface area contributed by atoms with E-state index in [4.69, 9.17) is 0 Å². The highest BCUT2D eigenvalue weighted by molar-refractivity contribution is 5.25. The van der Waals surface area contributed by atoms with Crippen LogP contribution in [0.15, 0.2) is 23.8 Å². The third kappa shape index (κ3) is 5.44. The molecule has 5 aliphatic carbocycles. The van der Waals surface area contributed by atoms with Crippen LogP contribution in [-0.4, -0.2) is 11.2 Å². The lowest BCUT2D eigenvalue weighted by molar-refractivity contribution is -0.0540. The van der Waals surface area contributed by atoms with Gasteiger partial charge in [0.05, 0.1) is 6.10 Å². The first-order valence-corrected chi connectivity index (χ1v) is 16.5. The summed E-state index contributed by atoms with van der Waals surface area (Å²) < 4.78 is 0. The second-order valence-electron chi connectivity index (χ2n) is 14.6. The van der Waals surface area contributed by atoms with Crippen molar-refractivity contribution in [3.05, 3.63) is 23.8 Å². The van der Waals surface area contributed by atoms with Gasteiger partial charge in [-0.15, -0.1) is 0 Å². The first kappa shape index (κ1) is 27.0. The SMILES string of the molecule is C[C@H](/C=C/C1CCCCCCCCCCC1)[C@H]1CC[C@H]2[C@@H]3CC=C4C[C@@H](O)CC[C@]4(C)[C@H]3CC[C@]12C. The van der Waals surface area contributed by atoms with Gasteiger partial charge < -0.3 is 5.11 Å². The molecule has 0 aromatic rings. The lowest BCUT2D eigenvalue weighted by Gasteiger charge is -2.58. The molecular weight excluding hydrogens is 436 g/mol. The van der Waals surface area contributed by atoms with E-state index in [0.717, 1.165) is 48.3 Å². The molecule has 1 heteroatoms. The van der Waals surface area contributed by atoms with E-state index < -0.39 is 0 Å². The third-order valence-corrected chi connectivity index (χ3v) is 12.6. The van der Waals surface area contributed by atoms with E-state index in [1.165, 1.54) is 109 Å². The van der Waals surface area contributed by atoms with Crippen molar-refractivity contribution in [2.24, 2.45) is 46.3 Å². The molecule has 0 amide bonds. The molecule has 204 valence electrons. The molecule has 4 fully saturated rings. The van der Waals surface area contributed by atoms with Gasteiger partial charge in [-0.05, 0) is 111 Å². The molecule has 0 aromatic heterocycles. The predicted molar refractivity (Wildman–Crippen MR) is 154 cm³/mol. The Morgan fingerprint density at radius 2 is 1.47 bits per heavy atom. The maximum absolute atomic E-state index is 10.3. The molecule has 4 saturated carbocycles. The van der Waals surface area contributed by atoms with Crippen molar-refractivity contribution >= 4 is 0 Å². The minimum absolute atomic E-state index is 0.0844. The number of allylic oxidation sites excluding steroid dienone is 3. The Morgan fingerprint density at radius 3 is 2.17 bits per heavy atom. The van der Waals surface area contributed by atoms with E-state index in [2.05, 4.69) is 39.0 Å². The Hall–Kier alpha value is -0.560. The van der Waals surface area contributed by atoms with Crippen molar-refractivity contribution in [3.63, 3.8) is 0 Å². The lowest BCUT2D eigenvalue weighted by atomic mass is 9.47. The number of fused-ring (bicyclic) bond motifs is 5. The van der Waals surface area contributed by atoms with Crippen LogP contribution in [0.25, 0.3) is 0 Å². The molecule has 0 bridgehead atoms. The van der Waals surface area contributed by atoms with Crippen LogP contribution in [0.4, 0.5) is 0 Å². The summed E-state index contributed by atoms with van der Waals surface area (Å²) in [6, 6.07) is 0. The Kier molecular flexibility index (Phi) is 8.76. The molecule has 36 heavy (non-hydrogen) atoms. The van der Waals surface area contributed by atoms with Gasteiger partial charge in [-0.2, -0.15) is 0 Å². The molecular formula is C35H58O. The van der Waals surface area contributed by atoms with Gasteiger partial charge in [0.1, 0.15) is 0 Å². The van der Waals surface area contributed by atoms with E-state index in [-0.39, 0.29) is 6.10 Å². The van der Waals surface area contributed by atoms with E-state index in [0.29, 0.717) is 10.8 Å². The van der Waals surface area contributed by atoms with Crippen LogP contribution in [-0.2, 0) is 0 Å². The van der Waals surface area contributed by atoms with Gasteiger partial charge in [0.25, 0.3) is 0 Å². The highest BCUT2D eigenvalue weighted by Crippen LogP contribution is 2.67. The first-order valence-electron chi connectivity index (χ1n) is 16.5. The Balaban J connectivity index is 1.23. The minimum Gasteiger partial charge on any atom is -0.393 e. The fourth-order valence-electron chi connectivity index (χ4n) is 10.4. The highest BCUT2D eigenvalue weighted by Gasteiger charge is 2.58. The van der Waals surface area contributed by atoms with Crippen molar-refractivity contribution in [2.45, 2.75) is 149 Å². The molecule has 1 N–H and O–H groups in total. The van der Waals surface area contributed by atoms with Crippen LogP contribution in [0.3, 0.4) is 0 Å². The predicted octanol–water partition coefficient (Wildman–Crippen LogP) is 10.0. The molecule has 1 nitrogen and oxygen atoms in total. The van der Waals surface area contributed by atoms with Gasteiger partial charge in [-0.25, -0.2) is 0 Å². The fourth-order valence-corrected chi connectivity index (χ4v) is 10.4. The number of aliphatic hydroxyl groups is 1. The molecule has 0 unspecified atom stereocenters. The first-order chi connectivity index (χ1) is 17.4. The van der Waals surface area contributed by atoms with Crippen molar-refractivity contribution in [3.8, 4) is 0 Å². The zero-order chi connectivity index (χ0) is 25.2. The number of aliphatic hydroxyl groups excluding tert-OH is 1. The third-order valence-electron chi connectivity index (χ3n) is 12.6. The summed E-state index contributed by atoms with van der Waals surface area (Å²) in [5.74, 6) is 5.10. The minimum atomic E-state index is -0.0844. The smallest absolute Gasteiger partial charge is 0.0577 e. The van der Waals surface area contributed by atoms with Gasteiger partial charge in [-0.1, -0.05) is 102 Å². The summed E-state index contributed by atoms with van der Waals surface area (Å²) >= 11 is 0. The highest BCUT2D eigenvalue weighted by atomic mass is 16.3. The molecule has 0 aliphatic heterocycles. The number of hydrogen-bond donors (Lipinski definition) is 1. The Bertz CT molecular complexity index is 768. The maximum Gasteiger partial charge on any atom is 0.0577 e. The van der Waals surface area contributed by atoms with Crippen LogP contribution in [0.1, 0.15) is 143 Å². The fraction of sp³-hybridized carbons (Fsp3) is 0.886. The molecule has 0 spiro atoms. The standard InChI is InChI=1S/C35H58O/c1-26(15-16-27-13-11-9-7-5-4-6-8-10-12-14-27)31-19-20-32-30-18-17-28-25-29(36)21-23-34(28,2)33(30)22-24-35(31,32)3/h15-17,26-27,29-33,36H,4-14,18-25H2,1-3H3/b16-15+/t26-,29+,30+,31-,32+,33+,34+,35-/m1/s1. The molecule has 5 aliphatic rings. The van der Waals surface area contributed by atoms with Gasteiger partial charge in [-0.3, -0.25) is 0 Å². The van der Waals surface area contributed by atoms with Crippen molar-refractivity contribution in [2.75, 3.05) is 0 Å². The largest absolute Gasteiger partial charge is 0.393 e. The van der Waals surface area contributed by atoms with Crippen LogP contribution < -0.4 is 0 Å². The van der Waals surface area contributed by atoms with E-state index >= 15 is 0 Å². The van der Waals surface area contributed by atoms with Gasteiger partial charge in [0, 0.05) is 0 Å². The summed E-state index contributed by atoms with van der Waals surface area (Å²) in [5, 5.41) is 10.3. The lowest BCUT2D eigenvalue weighted by Crippen LogP contribution is -2.50. The van der Waals surface area contributed by atoms with Gasteiger partial charge in [0.15, 0.2) is 0 Å². The zero-order valence-corrected chi connectivity index (χ0v) is 24.2. The number of rotatable bonds is 3. The summed E-state index contributed by atoms with van der Waals surface area (Å²) in [7, 11) is 0. The summed E-state index contributed by atoms with van der Waals surface area (Å²) in [4.78, 5) is 0. The van der Waals surface area contributed by atoms with Crippen molar-refractivity contribution in [1.82, 2.24) is 0 Å². The zero-order valence-electron chi connectivity index (χ0n) is 24.2. The van der Waals surface area contributed by atoms with E-state index in [1.807, 2.05) is 0 Å².